The number of hydrogen-bond donors (Lipinski definition) is 1. The van der Waals surface area contributed by atoms with Crippen LogP contribution in [0.5, 0.6) is 0 Å². The highest BCUT2D eigenvalue weighted by atomic mass is 16.4. The van der Waals surface area contributed by atoms with Crippen molar-refractivity contribution in [3.63, 3.8) is 0 Å². The van der Waals surface area contributed by atoms with Gasteiger partial charge in [0.25, 0.3) is 0 Å². The van der Waals surface area contributed by atoms with Gasteiger partial charge in [-0.1, -0.05) is 13.8 Å². The van der Waals surface area contributed by atoms with Crippen molar-refractivity contribution in [2.45, 2.75) is 33.1 Å². The molecule has 1 N–H and O–H groups in total. The van der Waals surface area contributed by atoms with Crippen LogP contribution in [-0.4, -0.2) is 16.9 Å². The molecule has 3 nitrogen and oxygen atoms in total. The first-order chi connectivity index (χ1) is 5.44. The van der Waals surface area contributed by atoms with E-state index in [1.54, 1.807) is 0 Å². The number of aliphatic carboxylic acids is 1. The predicted octanol–water partition coefficient (Wildman–Crippen LogP) is 1.47. The molecule has 0 bridgehead atoms. The van der Waals surface area contributed by atoms with Crippen LogP contribution in [0.4, 0.5) is 0 Å². The van der Waals surface area contributed by atoms with Crippen LogP contribution < -0.4 is 0 Å². The summed E-state index contributed by atoms with van der Waals surface area (Å²) in [6.45, 7) is 3.69. The van der Waals surface area contributed by atoms with Gasteiger partial charge in [-0.25, -0.2) is 0 Å². The number of carboxylic acid groups (broad SMARTS) is 1. The van der Waals surface area contributed by atoms with Crippen LogP contribution in [0, 0.1) is 11.3 Å². The lowest BCUT2D eigenvalue weighted by molar-refractivity contribution is -0.139. The molecule has 1 fully saturated rings. The van der Waals surface area contributed by atoms with Gasteiger partial charge in [0.2, 0.25) is 0 Å². The van der Waals surface area contributed by atoms with Gasteiger partial charge in [-0.2, -0.15) is 0 Å². The molecule has 1 atom stereocenters. The second kappa shape index (κ2) is 2.88. The molecule has 1 rings (SSSR count). The summed E-state index contributed by atoms with van der Waals surface area (Å²) in [5.41, 5.74) is -0.418. The Balaban J connectivity index is 2.68. The van der Waals surface area contributed by atoms with E-state index in [1.807, 2.05) is 13.8 Å². The van der Waals surface area contributed by atoms with E-state index in [-0.39, 0.29) is 18.1 Å². The van der Waals surface area contributed by atoms with Gasteiger partial charge < -0.3 is 5.11 Å². The molecular weight excluding hydrogens is 156 g/mol. The van der Waals surface area contributed by atoms with Crippen LogP contribution in [0.2, 0.25) is 0 Å². The maximum atomic E-state index is 11.3. The number of carbonyl (C=O) groups excluding carboxylic acids is 1. The largest absolute Gasteiger partial charge is 0.481 e. The summed E-state index contributed by atoms with van der Waals surface area (Å²) in [6, 6.07) is 0. The molecule has 0 heterocycles. The first kappa shape index (κ1) is 9.23. The summed E-state index contributed by atoms with van der Waals surface area (Å²) >= 11 is 0. The van der Waals surface area contributed by atoms with E-state index < -0.39 is 11.4 Å². The Morgan fingerprint density at radius 3 is 2.58 bits per heavy atom. The van der Waals surface area contributed by atoms with Crippen LogP contribution >= 0.6 is 0 Å². The van der Waals surface area contributed by atoms with Gasteiger partial charge >= 0.3 is 5.97 Å². The molecule has 0 spiro atoms. The standard InChI is InChI=1S/C9H14O3/c1-9(2)6(5-8(11)12)3-4-7(9)10/h6H,3-5H2,1-2H3,(H,11,12)/t6-/m0/s1. The van der Waals surface area contributed by atoms with E-state index >= 15 is 0 Å². The Labute approximate surface area is 71.8 Å². The zero-order chi connectivity index (χ0) is 9.35. The summed E-state index contributed by atoms with van der Waals surface area (Å²) in [6.07, 6.45) is 1.40. The van der Waals surface area contributed by atoms with Crippen LogP contribution in [-0.2, 0) is 9.59 Å². The molecule has 1 aliphatic rings. The summed E-state index contributed by atoms with van der Waals surface area (Å²) in [7, 11) is 0. The second-order valence-electron chi connectivity index (χ2n) is 3.98. The van der Waals surface area contributed by atoms with Crippen molar-refractivity contribution in [2.24, 2.45) is 11.3 Å². The summed E-state index contributed by atoms with van der Waals surface area (Å²) < 4.78 is 0. The van der Waals surface area contributed by atoms with E-state index in [1.165, 1.54) is 0 Å². The zero-order valence-electron chi connectivity index (χ0n) is 7.46. The third-order valence-electron chi connectivity index (χ3n) is 2.88. The number of ketones is 1. The summed E-state index contributed by atoms with van der Waals surface area (Å²) in [5, 5.41) is 8.58. The third-order valence-corrected chi connectivity index (χ3v) is 2.88. The van der Waals surface area contributed by atoms with Gasteiger partial charge in [0.05, 0.1) is 0 Å². The molecule has 0 unspecified atom stereocenters. The fourth-order valence-corrected chi connectivity index (χ4v) is 1.78. The molecular formula is C9H14O3. The molecule has 0 radical (unpaired) electrons. The van der Waals surface area contributed by atoms with Crippen molar-refractivity contribution in [1.82, 2.24) is 0 Å². The highest BCUT2D eigenvalue weighted by Crippen LogP contribution is 2.41. The lowest BCUT2D eigenvalue weighted by atomic mass is 9.79. The van der Waals surface area contributed by atoms with Gasteiger partial charge in [0.15, 0.2) is 0 Å². The predicted molar refractivity (Wildman–Crippen MR) is 43.8 cm³/mol. The monoisotopic (exact) mass is 170 g/mol. The van der Waals surface area contributed by atoms with Crippen LogP contribution in [0.15, 0.2) is 0 Å². The molecule has 1 aliphatic carbocycles. The van der Waals surface area contributed by atoms with Gasteiger partial charge in [0.1, 0.15) is 5.78 Å². The van der Waals surface area contributed by atoms with E-state index in [4.69, 9.17) is 5.11 Å². The maximum Gasteiger partial charge on any atom is 0.303 e. The minimum Gasteiger partial charge on any atom is -0.481 e. The average Bonchev–Trinajstić information content (AvgIpc) is 2.15. The minimum atomic E-state index is -0.803. The topological polar surface area (TPSA) is 54.4 Å². The summed E-state index contributed by atoms with van der Waals surface area (Å²) in [5.74, 6) is -0.570. The van der Waals surface area contributed by atoms with E-state index in [2.05, 4.69) is 0 Å². The molecule has 0 aromatic carbocycles. The minimum absolute atomic E-state index is 0.0301. The SMILES string of the molecule is CC1(C)C(=O)CC[C@H]1CC(=O)O. The Bertz CT molecular complexity index is 218. The third kappa shape index (κ3) is 1.49. The Kier molecular flexibility index (Phi) is 2.22. The molecule has 0 aromatic heterocycles. The number of rotatable bonds is 2. The highest BCUT2D eigenvalue weighted by molar-refractivity contribution is 5.87. The van der Waals surface area contributed by atoms with Crippen molar-refractivity contribution in [3.05, 3.63) is 0 Å². The van der Waals surface area contributed by atoms with Crippen LogP contribution in [0.25, 0.3) is 0 Å². The van der Waals surface area contributed by atoms with Gasteiger partial charge in [-0.05, 0) is 12.3 Å². The van der Waals surface area contributed by atoms with E-state index in [0.29, 0.717) is 6.42 Å². The van der Waals surface area contributed by atoms with Crippen LogP contribution in [0.3, 0.4) is 0 Å². The Hall–Kier alpha value is -0.860. The molecule has 0 aliphatic heterocycles. The fraction of sp³-hybridized carbons (Fsp3) is 0.778. The number of carbonyl (C=O) groups is 2. The first-order valence-electron chi connectivity index (χ1n) is 4.19. The quantitative estimate of drug-likeness (QED) is 0.682. The van der Waals surface area contributed by atoms with Gasteiger partial charge in [-0.15, -0.1) is 0 Å². The molecule has 0 amide bonds. The van der Waals surface area contributed by atoms with E-state index in [0.717, 1.165) is 6.42 Å². The maximum absolute atomic E-state index is 11.3. The average molecular weight is 170 g/mol. The molecule has 12 heavy (non-hydrogen) atoms. The number of carboxylic acids is 1. The first-order valence-corrected chi connectivity index (χ1v) is 4.19. The second-order valence-corrected chi connectivity index (χ2v) is 3.98. The molecule has 68 valence electrons. The smallest absolute Gasteiger partial charge is 0.303 e. The van der Waals surface area contributed by atoms with Crippen LogP contribution in [0.1, 0.15) is 33.1 Å². The fourth-order valence-electron chi connectivity index (χ4n) is 1.78. The molecule has 3 heteroatoms. The molecule has 0 saturated heterocycles. The molecule has 1 saturated carbocycles. The Morgan fingerprint density at radius 1 is 1.67 bits per heavy atom. The summed E-state index contributed by atoms with van der Waals surface area (Å²) in [4.78, 5) is 21.7. The van der Waals surface area contributed by atoms with Crippen molar-refractivity contribution in [1.29, 1.82) is 0 Å². The molecule has 0 aromatic rings. The zero-order valence-corrected chi connectivity index (χ0v) is 7.46. The highest BCUT2D eigenvalue weighted by Gasteiger charge is 2.42. The number of Topliss-reactive ketones (excluding diaryl/α,β-unsaturated/α-hetero) is 1. The number of hydrogen-bond acceptors (Lipinski definition) is 2. The lowest BCUT2D eigenvalue weighted by Crippen LogP contribution is -2.26. The van der Waals surface area contributed by atoms with Crippen molar-refractivity contribution >= 4 is 11.8 Å². The van der Waals surface area contributed by atoms with Gasteiger partial charge in [-0.3, -0.25) is 9.59 Å². The van der Waals surface area contributed by atoms with Crippen molar-refractivity contribution in [3.8, 4) is 0 Å². The lowest BCUT2D eigenvalue weighted by Gasteiger charge is -2.23. The normalized spacial score (nSPS) is 27.5. The van der Waals surface area contributed by atoms with Gasteiger partial charge in [0, 0.05) is 18.3 Å². The van der Waals surface area contributed by atoms with E-state index in [9.17, 15) is 9.59 Å². The van der Waals surface area contributed by atoms with Crippen molar-refractivity contribution < 1.29 is 14.7 Å². The van der Waals surface area contributed by atoms with Crippen molar-refractivity contribution in [2.75, 3.05) is 0 Å². The Morgan fingerprint density at radius 2 is 2.25 bits per heavy atom.